The fraction of sp³-hybridized carbons (Fsp3) is 0.150. The number of carbonyl (C=O) groups excluding carboxylic acids is 1. The summed E-state index contributed by atoms with van der Waals surface area (Å²) in [4.78, 5) is 12.5. The SMILES string of the molecule is C=CCN(c1ccccc1Cl)S(=O)(=O)c1cc(C(=O)Nc2nnc(SCC)s2)ccc1Cl. The number of para-hydroxylation sites is 1. The molecule has 0 aliphatic heterocycles. The largest absolute Gasteiger partial charge is 0.296 e. The molecule has 0 aliphatic carbocycles. The molecule has 0 bridgehead atoms. The smallest absolute Gasteiger partial charge is 0.266 e. The van der Waals surface area contributed by atoms with Gasteiger partial charge in [-0.15, -0.1) is 16.8 Å². The number of aromatic nitrogens is 2. The molecule has 0 saturated carbocycles. The molecule has 0 aliphatic rings. The second-order valence-corrected chi connectivity index (χ2v) is 11.3. The molecule has 32 heavy (non-hydrogen) atoms. The van der Waals surface area contributed by atoms with E-state index in [4.69, 9.17) is 23.2 Å². The van der Waals surface area contributed by atoms with E-state index in [-0.39, 0.29) is 32.7 Å². The van der Waals surface area contributed by atoms with Crippen LogP contribution in [0.2, 0.25) is 10.0 Å². The topological polar surface area (TPSA) is 92.3 Å². The lowest BCUT2D eigenvalue weighted by atomic mass is 10.2. The number of rotatable bonds is 9. The Morgan fingerprint density at radius 2 is 1.97 bits per heavy atom. The van der Waals surface area contributed by atoms with Gasteiger partial charge in [0, 0.05) is 5.56 Å². The summed E-state index contributed by atoms with van der Waals surface area (Å²) in [7, 11) is -4.16. The molecule has 3 aromatic rings. The molecule has 0 spiro atoms. The molecule has 0 unspecified atom stereocenters. The van der Waals surface area contributed by atoms with Gasteiger partial charge >= 0.3 is 0 Å². The van der Waals surface area contributed by atoms with E-state index in [1.54, 1.807) is 24.3 Å². The van der Waals surface area contributed by atoms with Crippen LogP contribution >= 0.6 is 46.3 Å². The molecular weight excluding hydrogens is 511 g/mol. The first-order chi connectivity index (χ1) is 15.3. The first-order valence-electron chi connectivity index (χ1n) is 9.23. The van der Waals surface area contributed by atoms with Crippen molar-refractivity contribution >= 4 is 73.0 Å². The summed E-state index contributed by atoms with van der Waals surface area (Å²) < 4.78 is 28.8. The van der Waals surface area contributed by atoms with Crippen molar-refractivity contribution in [1.82, 2.24) is 10.2 Å². The van der Waals surface area contributed by atoms with E-state index in [0.29, 0.717) is 5.13 Å². The second kappa shape index (κ2) is 10.7. The Labute approximate surface area is 204 Å². The quantitative estimate of drug-likeness (QED) is 0.221. The maximum atomic E-state index is 13.5. The first kappa shape index (κ1) is 24.5. The van der Waals surface area contributed by atoms with Crippen molar-refractivity contribution in [3.63, 3.8) is 0 Å². The van der Waals surface area contributed by atoms with Crippen LogP contribution in [0, 0.1) is 0 Å². The standard InChI is InChI=1S/C20H18Cl2N4O3S3/c1-3-11-26(16-8-6-5-7-14(16)21)32(28,29)17-12-13(9-10-15(17)22)18(27)23-19-24-25-20(31-19)30-4-2/h3,5-10,12H,1,4,11H2,2H3,(H,23,24,27). The number of benzene rings is 2. The molecule has 0 fully saturated rings. The fourth-order valence-electron chi connectivity index (χ4n) is 2.67. The van der Waals surface area contributed by atoms with E-state index in [0.717, 1.165) is 14.4 Å². The Kier molecular flexibility index (Phi) is 8.18. The van der Waals surface area contributed by atoms with Gasteiger partial charge in [-0.25, -0.2) is 8.42 Å². The molecule has 0 radical (unpaired) electrons. The van der Waals surface area contributed by atoms with Crippen LogP contribution in [0.25, 0.3) is 0 Å². The Morgan fingerprint density at radius 3 is 2.66 bits per heavy atom. The lowest BCUT2D eigenvalue weighted by Crippen LogP contribution is -2.32. The van der Waals surface area contributed by atoms with Crippen LogP contribution in [-0.4, -0.2) is 36.8 Å². The molecule has 2 aromatic carbocycles. The summed E-state index contributed by atoms with van der Waals surface area (Å²) in [5.41, 5.74) is 0.375. The molecule has 3 rings (SSSR count). The van der Waals surface area contributed by atoms with E-state index in [9.17, 15) is 13.2 Å². The molecule has 1 heterocycles. The minimum Gasteiger partial charge on any atom is -0.296 e. The van der Waals surface area contributed by atoms with Gasteiger partial charge in [0.2, 0.25) is 5.13 Å². The van der Waals surface area contributed by atoms with Gasteiger partial charge in [0.05, 0.1) is 22.3 Å². The monoisotopic (exact) mass is 528 g/mol. The molecule has 168 valence electrons. The van der Waals surface area contributed by atoms with Gasteiger partial charge in [-0.2, -0.15) is 0 Å². The van der Waals surface area contributed by atoms with E-state index in [1.807, 2.05) is 6.92 Å². The number of anilines is 2. The Morgan fingerprint density at radius 1 is 1.22 bits per heavy atom. The zero-order valence-electron chi connectivity index (χ0n) is 16.8. The Balaban J connectivity index is 1.96. The average Bonchev–Trinajstić information content (AvgIpc) is 3.20. The summed E-state index contributed by atoms with van der Waals surface area (Å²) in [6.45, 7) is 5.58. The van der Waals surface area contributed by atoms with E-state index in [1.165, 1.54) is 47.4 Å². The van der Waals surface area contributed by atoms with Crippen molar-refractivity contribution < 1.29 is 13.2 Å². The zero-order valence-corrected chi connectivity index (χ0v) is 20.7. The van der Waals surface area contributed by atoms with Crippen molar-refractivity contribution in [1.29, 1.82) is 0 Å². The number of carbonyl (C=O) groups is 1. The third kappa shape index (κ3) is 5.44. The first-order valence-corrected chi connectivity index (χ1v) is 13.2. The van der Waals surface area contributed by atoms with Crippen LogP contribution < -0.4 is 9.62 Å². The minimum absolute atomic E-state index is 0.0276. The third-order valence-electron chi connectivity index (χ3n) is 4.07. The summed E-state index contributed by atoms with van der Waals surface area (Å²) in [6, 6.07) is 10.6. The summed E-state index contributed by atoms with van der Waals surface area (Å²) >= 11 is 15.2. The molecule has 1 N–H and O–H groups in total. The maximum absolute atomic E-state index is 13.5. The molecule has 12 heteroatoms. The van der Waals surface area contributed by atoms with Crippen LogP contribution in [0.3, 0.4) is 0 Å². The predicted molar refractivity (Wildman–Crippen MR) is 132 cm³/mol. The number of hydrogen-bond donors (Lipinski definition) is 1. The van der Waals surface area contributed by atoms with Gasteiger partial charge in [0.15, 0.2) is 4.34 Å². The van der Waals surface area contributed by atoms with Crippen molar-refractivity contribution in [3.8, 4) is 0 Å². The van der Waals surface area contributed by atoms with Crippen molar-refractivity contribution in [2.75, 3.05) is 21.9 Å². The van der Waals surface area contributed by atoms with Crippen LogP contribution in [0.4, 0.5) is 10.8 Å². The highest BCUT2D eigenvalue weighted by atomic mass is 35.5. The number of thioether (sulfide) groups is 1. The number of hydrogen-bond acceptors (Lipinski definition) is 7. The highest BCUT2D eigenvalue weighted by Crippen LogP contribution is 2.33. The van der Waals surface area contributed by atoms with Crippen LogP contribution in [0.1, 0.15) is 17.3 Å². The van der Waals surface area contributed by atoms with E-state index in [2.05, 4.69) is 22.1 Å². The summed E-state index contributed by atoms with van der Waals surface area (Å²) in [6.07, 6.45) is 1.44. The number of sulfonamides is 1. The van der Waals surface area contributed by atoms with Crippen LogP contribution in [0.5, 0.6) is 0 Å². The van der Waals surface area contributed by atoms with Crippen molar-refractivity contribution in [2.45, 2.75) is 16.2 Å². The molecule has 7 nitrogen and oxygen atoms in total. The number of amides is 1. The molecule has 0 saturated heterocycles. The number of nitrogens with zero attached hydrogens (tertiary/aromatic N) is 3. The van der Waals surface area contributed by atoms with Gasteiger partial charge in [0.1, 0.15) is 4.90 Å². The summed E-state index contributed by atoms with van der Waals surface area (Å²) in [5, 5.41) is 11.1. The van der Waals surface area contributed by atoms with Crippen LogP contribution in [0.15, 0.2) is 64.4 Å². The Hall–Kier alpha value is -2.11. The van der Waals surface area contributed by atoms with E-state index >= 15 is 0 Å². The van der Waals surface area contributed by atoms with Gasteiger partial charge in [-0.1, -0.05) is 71.4 Å². The molecule has 1 aromatic heterocycles. The van der Waals surface area contributed by atoms with E-state index < -0.39 is 15.9 Å². The van der Waals surface area contributed by atoms with Crippen molar-refractivity contribution in [3.05, 3.63) is 70.7 Å². The van der Waals surface area contributed by atoms with Gasteiger partial charge in [-0.3, -0.25) is 14.4 Å². The highest BCUT2D eigenvalue weighted by molar-refractivity contribution is 8.01. The highest BCUT2D eigenvalue weighted by Gasteiger charge is 2.29. The normalized spacial score (nSPS) is 11.2. The number of halogens is 2. The lowest BCUT2D eigenvalue weighted by Gasteiger charge is -2.24. The van der Waals surface area contributed by atoms with Crippen LogP contribution in [-0.2, 0) is 10.0 Å². The molecule has 1 amide bonds. The molecule has 0 atom stereocenters. The van der Waals surface area contributed by atoms with Gasteiger partial charge in [0.25, 0.3) is 15.9 Å². The van der Waals surface area contributed by atoms with Gasteiger partial charge in [-0.05, 0) is 36.1 Å². The minimum atomic E-state index is -4.16. The molecular formula is C20H18Cl2N4O3S3. The predicted octanol–water partition coefficient (Wildman–Crippen LogP) is 5.59. The van der Waals surface area contributed by atoms with Gasteiger partial charge < -0.3 is 0 Å². The number of nitrogens with one attached hydrogen (secondary N) is 1. The van der Waals surface area contributed by atoms with Crippen molar-refractivity contribution in [2.24, 2.45) is 0 Å². The fourth-order valence-corrected chi connectivity index (χ4v) is 6.56. The lowest BCUT2D eigenvalue weighted by molar-refractivity contribution is 0.102. The summed E-state index contributed by atoms with van der Waals surface area (Å²) in [5.74, 6) is 0.295. The Bertz CT molecular complexity index is 1250. The average molecular weight is 529 g/mol. The zero-order chi connectivity index (χ0) is 23.3. The second-order valence-electron chi connectivity index (χ2n) is 6.18. The third-order valence-corrected chi connectivity index (χ3v) is 8.51. The maximum Gasteiger partial charge on any atom is 0.266 e.